The van der Waals surface area contributed by atoms with E-state index in [-0.39, 0.29) is 5.76 Å². The maximum atomic E-state index is 11.4. The molecule has 0 aliphatic heterocycles. The highest BCUT2D eigenvalue weighted by molar-refractivity contribution is 5.80. The van der Waals surface area contributed by atoms with Gasteiger partial charge in [-0.05, 0) is 18.2 Å². The standard InChI is InChI=1S/C12H12N4O2/c1-16-9-4-7(2-3-10(9)18-12(16)17)11-8(5-13)14-6-15-11/h2-4,6H,5,13H2,1H3,(H,14,15). The molecule has 0 spiro atoms. The number of imidazole rings is 1. The Morgan fingerprint density at radius 3 is 3.11 bits per heavy atom. The first-order valence-electron chi connectivity index (χ1n) is 5.53. The maximum Gasteiger partial charge on any atom is 0.419 e. The topological polar surface area (TPSA) is 89.8 Å². The summed E-state index contributed by atoms with van der Waals surface area (Å²) < 4.78 is 6.55. The number of benzene rings is 1. The van der Waals surface area contributed by atoms with Gasteiger partial charge in [0.2, 0.25) is 0 Å². The van der Waals surface area contributed by atoms with E-state index in [2.05, 4.69) is 9.97 Å². The van der Waals surface area contributed by atoms with E-state index >= 15 is 0 Å². The zero-order valence-corrected chi connectivity index (χ0v) is 9.80. The number of aromatic amines is 1. The molecule has 0 aliphatic carbocycles. The molecule has 3 rings (SSSR count). The summed E-state index contributed by atoms with van der Waals surface area (Å²) in [6, 6.07) is 5.50. The molecule has 92 valence electrons. The predicted molar refractivity (Wildman–Crippen MR) is 66.9 cm³/mol. The molecule has 6 nitrogen and oxygen atoms in total. The van der Waals surface area contributed by atoms with E-state index in [0.717, 1.165) is 22.5 Å². The van der Waals surface area contributed by atoms with Crippen molar-refractivity contribution in [1.82, 2.24) is 14.5 Å². The van der Waals surface area contributed by atoms with E-state index in [1.807, 2.05) is 12.1 Å². The molecule has 3 aromatic rings. The minimum atomic E-state index is -0.372. The van der Waals surface area contributed by atoms with Crippen LogP contribution in [0.1, 0.15) is 5.69 Å². The minimum absolute atomic E-state index is 0.372. The van der Waals surface area contributed by atoms with Crippen LogP contribution in [0.4, 0.5) is 0 Å². The van der Waals surface area contributed by atoms with Crippen LogP contribution in [-0.2, 0) is 13.6 Å². The molecule has 18 heavy (non-hydrogen) atoms. The average Bonchev–Trinajstić information content (AvgIpc) is 2.95. The first-order chi connectivity index (χ1) is 8.70. The molecule has 0 saturated heterocycles. The molecule has 0 saturated carbocycles. The third-order valence-electron chi connectivity index (χ3n) is 2.99. The number of nitrogens with two attached hydrogens (primary N) is 1. The summed E-state index contributed by atoms with van der Waals surface area (Å²) in [6.07, 6.45) is 1.61. The predicted octanol–water partition coefficient (Wildman–Crippen LogP) is 0.980. The summed E-state index contributed by atoms with van der Waals surface area (Å²) in [7, 11) is 1.67. The Balaban J connectivity index is 2.25. The van der Waals surface area contributed by atoms with Gasteiger partial charge in [0, 0.05) is 19.2 Å². The van der Waals surface area contributed by atoms with E-state index < -0.39 is 0 Å². The van der Waals surface area contributed by atoms with Crippen LogP contribution in [0.3, 0.4) is 0 Å². The molecule has 2 heterocycles. The number of aromatic nitrogens is 3. The van der Waals surface area contributed by atoms with E-state index in [1.54, 1.807) is 19.4 Å². The molecule has 0 aliphatic rings. The molecule has 2 aromatic heterocycles. The van der Waals surface area contributed by atoms with Crippen molar-refractivity contribution in [1.29, 1.82) is 0 Å². The van der Waals surface area contributed by atoms with E-state index in [9.17, 15) is 4.79 Å². The summed E-state index contributed by atoms with van der Waals surface area (Å²) in [5.41, 5.74) is 9.51. The van der Waals surface area contributed by atoms with Crippen molar-refractivity contribution in [2.75, 3.05) is 0 Å². The van der Waals surface area contributed by atoms with Gasteiger partial charge in [-0.1, -0.05) is 0 Å². The molecule has 6 heteroatoms. The van der Waals surface area contributed by atoms with Crippen molar-refractivity contribution in [2.45, 2.75) is 6.54 Å². The van der Waals surface area contributed by atoms with Crippen LogP contribution in [0.25, 0.3) is 22.4 Å². The van der Waals surface area contributed by atoms with Gasteiger partial charge in [-0.2, -0.15) is 0 Å². The second-order valence-electron chi connectivity index (χ2n) is 4.04. The third kappa shape index (κ3) is 1.46. The van der Waals surface area contributed by atoms with Crippen LogP contribution in [0.5, 0.6) is 0 Å². The number of hydrogen-bond donors (Lipinski definition) is 2. The fraction of sp³-hybridized carbons (Fsp3) is 0.167. The maximum absolute atomic E-state index is 11.4. The quantitative estimate of drug-likeness (QED) is 0.703. The first kappa shape index (κ1) is 10.8. The largest absolute Gasteiger partial charge is 0.419 e. The normalized spacial score (nSPS) is 11.2. The van der Waals surface area contributed by atoms with E-state index in [4.69, 9.17) is 10.2 Å². The molecule has 0 amide bonds. The van der Waals surface area contributed by atoms with Crippen LogP contribution < -0.4 is 11.5 Å². The number of oxazole rings is 1. The molecule has 3 N–H and O–H groups in total. The second kappa shape index (κ2) is 3.85. The van der Waals surface area contributed by atoms with Crippen molar-refractivity contribution in [3.05, 3.63) is 40.8 Å². The van der Waals surface area contributed by atoms with Crippen LogP contribution in [0.15, 0.2) is 33.7 Å². The van der Waals surface area contributed by atoms with E-state index in [0.29, 0.717) is 12.1 Å². The lowest BCUT2D eigenvalue weighted by molar-refractivity contribution is 0.528. The van der Waals surface area contributed by atoms with Crippen molar-refractivity contribution in [3.8, 4) is 11.3 Å². The van der Waals surface area contributed by atoms with Crippen LogP contribution in [0.2, 0.25) is 0 Å². The Kier molecular flexibility index (Phi) is 2.31. The number of rotatable bonds is 2. The van der Waals surface area contributed by atoms with Crippen LogP contribution in [0, 0.1) is 0 Å². The molecule has 0 radical (unpaired) electrons. The summed E-state index contributed by atoms with van der Waals surface area (Å²) in [5, 5.41) is 0. The van der Waals surface area contributed by atoms with Gasteiger partial charge in [-0.15, -0.1) is 0 Å². The van der Waals surface area contributed by atoms with Gasteiger partial charge in [0.1, 0.15) is 0 Å². The summed E-state index contributed by atoms with van der Waals surface area (Å²) >= 11 is 0. The SMILES string of the molecule is Cn1c(=O)oc2ccc(-c3nc[nH]c3CN)cc21. The van der Waals surface area contributed by atoms with Crippen LogP contribution >= 0.6 is 0 Å². The smallest absolute Gasteiger partial charge is 0.408 e. The van der Waals surface area contributed by atoms with Gasteiger partial charge in [0.15, 0.2) is 5.58 Å². The molecule has 1 aromatic carbocycles. The number of fused-ring (bicyclic) bond motifs is 1. The number of H-pyrrole nitrogens is 1. The highest BCUT2D eigenvalue weighted by atomic mass is 16.4. The molecule has 0 atom stereocenters. The first-order valence-corrected chi connectivity index (χ1v) is 5.53. The molecular weight excluding hydrogens is 232 g/mol. The Morgan fingerprint density at radius 1 is 1.50 bits per heavy atom. The Bertz CT molecular complexity index is 766. The summed E-state index contributed by atoms with van der Waals surface area (Å²) in [5.74, 6) is -0.372. The number of nitrogens with zero attached hydrogens (tertiary/aromatic N) is 2. The third-order valence-corrected chi connectivity index (χ3v) is 2.99. The fourth-order valence-corrected chi connectivity index (χ4v) is 2.00. The zero-order chi connectivity index (χ0) is 12.7. The van der Waals surface area contributed by atoms with Gasteiger partial charge in [-0.3, -0.25) is 4.57 Å². The highest BCUT2D eigenvalue weighted by Gasteiger charge is 2.11. The lowest BCUT2D eigenvalue weighted by atomic mass is 10.1. The van der Waals surface area contributed by atoms with Gasteiger partial charge < -0.3 is 15.1 Å². The lowest BCUT2D eigenvalue weighted by Gasteiger charge is -2.01. The Morgan fingerprint density at radius 2 is 2.33 bits per heavy atom. The molecule has 0 fully saturated rings. The van der Waals surface area contributed by atoms with Gasteiger partial charge in [0.05, 0.1) is 23.2 Å². The summed E-state index contributed by atoms with van der Waals surface area (Å²) in [6.45, 7) is 0.387. The van der Waals surface area contributed by atoms with Crippen LogP contribution in [-0.4, -0.2) is 14.5 Å². The monoisotopic (exact) mass is 244 g/mol. The molecule has 0 unspecified atom stereocenters. The highest BCUT2D eigenvalue weighted by Crippen LogP contribution is 2.24. The van der Waals surface area contributed by atoms with Crippen molar-refractivity contribution < 1.29 is 4.42 Å². The summed E-state index contributed by atoms with van der Waals surface area (Å²) in [4.78, 5) is 18.7. The molecular formula is C12H12N4O2. The van der Waals surface area contributed by atoms with E-state index in [1.165, 1.54) is 4.57 Å². The Labute approximate surface area is 102 Å². The van der Waals surface area contributed by atoms with Gasteiger partial charge in [-0.25, -0.2) is 9.78 Å². The number of hydrogen-bond acceptors (Lipinski definition) is 4. The van der Waals surface area contributed by atoms with Gasteiger partial charge >= 0.3 is 5.76 Å². The zero-order valence-electron chi connectivity index (χ0n) is 9.80. The van der Waals surface area contributed by atoms with Crippen molar-refractivity contribution in [3.63, 3.8) is 0 Å². The minimum Gasteiger partial charge on any atom is -0.408 e. The number of aryl methyl sites for hydroxylation is 1. The molecule has 0 bridgehead atoms. The average molecular weight is 244 g/mol. The van der Waals surface area contributed by atoms with Crippen molar-refractivity contribution >= 4 is 11.1 Å². The van der Waals surface area contributed by atoms with Crippen molar-refractivity contribution in [2.24, 2.45) is 12.8 Å². The second-order valence-corrected chi connectivity index (χ2v) is 4.04. The lowest BCUT2D eigenvalue weighted by Crippen LogP contribution is -2.08. The Hall–Kier alpha value is -2.34. The number of nitrogens with one attached hydrogen (secondary N) is 1. The van der Waals surface area contributed by atoms with Gasteiger partial charge in [0.25, 0.3) is 0 Å². The fourth-order valence-electron chi connectivity index (χ4n) is 2.00.